The highest BCUT2D eigenvalue weighted by Crippen LogP contribution is 2.27. The summed E-state index contributed by atoms with van der Waals surface area (Å²) in [5.41, 5.74) is 2.37. The van der Waals surface area contributed by atoms with Crippen LogP contribution in [0.3, 0.4) is 0 Å². The maximum Gasteiger partial charge on any atom is 0.115 e. The molecule has 1 aliphatic rings. The van der Waals surface area contributed by atoms with Gasteiger partial charge in [-0.3, -0.25) is 0 Å². The topological polar surface area (TPSA) is 43.7 Å². The molecule has 24 heavy (non-hydrogen) atoms. The van der Waals surface area contributed by atoms with E-state index in [2.05, 4.69) is 17.0 Å². The van der Waals surface area contributed by atoms with E-state index in [1.807, 2.05) is 24.3 Å². The Morgan fingerprint density at radius 2 is 1.38 bits per heavy atom. The number of hydrogen-bond donors (Lipinski definition) is 2. The van der Waals surface area contributed by atoms with Crippen LogP contribution in [-0.2, 0) is 12.8 Å². The van der Waals surface area contributed by atoms with Gasteiger partial charge in [-0.15, -0.1) is 0 Å². The first-order valence-electron chi connectivity index (χ1n) is 8.97. The fraction of sp³-hybridized carbons (Fsp3) is 0.429. The van der Waals surface area contributed by atoms with E-state index < -0.39 is 0 Å². The second-order valence-corrected chi connectivity index (χ2v) is 6.94. The molecule has 0 aliphatic heterocycles. The van der Waals surface area contributed by atoms with Crippen LogP contribution in [0.2, 0.25) is 0 Å². The summed E-state index contributed by atoms with van der Waals surface area (Å²) in [5.74, 6) is 1.54. The van der Waals surface area contributed by atoms with Crippen LogP contribution in [0.15, 0.2) is 48.5 Å². The molecule has 0 bridgehead atoms. The highest BCUT2D eigenvalue weighted by atomic mass is 16.3. The van der Waals surface area contributed by atoms with Gasteiger partial charge in [-0.1, -0.05) is 30.7 Å². The first-order valence-corrected chi connectivity index (χ1v) is 8.97. The molecule has 0 saturated heterocycles. The lowest BCUT2D eigenvalue weighted by atomic mass is 9.85. The quantitative estimate of drug-likeness (QED) is 0.771. The molecule has 1 fully saturated rings. The van der Waals surface area contributed by atoms with Crippen molar-refractivity contribution in [3.05, 3.63) is 59.7 Å². The van der Waals surface area contributed by atoms with E-state index in [1.54, 1.807) is 12.1 Å². The number of rotatable bonds is 8. The minimum atomic E-state index is 0.345. The number of aromatic hydroxyl groups is 2. The normalized spacial score (nSPS) is 14.7. The average molecular weight is 325 g/mol. The molecule has 1 aliphatic carbocycles. The van der Waals surface area contributed by atoms with E-state index in [0.717, 1.165) is 38.4 Å². The summed E-state index contributed by atoms with van der Waals surface area (Å²) in [6, 6.07) is 15.1. The van der Waals surface area contributed by atoms with Crippen LogP contribution in [0.5, 0.6) is 11.5 Å². The summed E-state index contributed by atoms with van der Waals surface area (Å²) in [5, 5.41) is 19.2. The van der Waals surface area contributed by atoms with Crippen molar-refractivity contribution in [1.29, 1.82) is 0 Å². The van der Waals surface area contributed by atoms with Gasteiger partial charge < -0.3 is 15.1 Å². The molecule has 3 nitrogen and oxygen atoms in total. The summed E-state index contributed by atoms with van der Waals surface area (Å²) in [6.07, 6.45) is 6.00. The summed E-state index contributed by atoms with van der Waals surface area (Å²) in [7, 11) is 0. The molecular weight excluding hydrogens is 298 g/mol. The van der Waals surface area contributed by atoms with Crippen molar-refractivity contribution in [2.24, 2.45) is 5.92 Å². The van der Waals surface area contributed by atoms with Gasteiger partial charge in [-0.25, -0.2) is 0 Å². The minimum absolute atomic E-state index is 0.345. The maximum atomic E-state index is 9.61. The van der Waals surface area contributed by atoms with E-state index in [1.165, 1.54) is 30.4 Å². The van der Waals surface area contributed by atoms with Crippen molar-refractivity contribution < 1.29 is 10.2 Å². The first-order chi connectivity index (χ1) is 11.7. The van der Waals surface area contributed by atoms with Gasteiger partial charge in [0, 0.05) is 19.6 Å². The van der Waals surface area contributed by atoms with Crippen molar-refractivity contribution in [3.8, 4) is 11.5 Å². The molecule has 0 heterocycles. The second kappa shape index (κ2) is 8.20. The molecule has 2 aromatic carbocycles. The third kappa shape index (κ3) is 5.00. The molecule has 0 amide bonds. The summed E-state index contributed by atoms with van der Waals surface area (Å²) < 4.78 is 0. The highest BCUT2D eigenvalue weighted by Gasteiger charge is 2.20. The van der Waals surface area contributed by atoms with Gasteiger partial charge in [-0.05, 0) is 67.0 Å². The molecule has 0 atom stereocenters. The van der Waals surface area contributed by atoms with E-state index in [0.29, 0.717) is 11.5 Å². The second-order valence-electron chi connectivity index (χ2n) is 6.94. The van der Waals surface area contributed by atoms with Crippen LogP contribution in [-0.4, -0.2) is 34.7 Å². The van der Waals surface area contributed by atoms with Gasteiger partial charge in [0.05, 0.1) is 0 Å². The van der Waals surface area contributed by atoms with Crippen molar-refractivity contribution in [2.75, 3.05) is 19.6 Å². The fourth-order valence-corrected chi connectivity index (χ4v) is 3.33. The maximum absolute atomic E-state index is 9.61. The molecule has 1 saturated carbocycles. The zero-order valence-corrected chi connectivity index (χ0v) is 14.2. The number of hydrogen-bond acceptors (Lipinski definition) is 3. The fourth-order valence-electron chi connectivity index (χ4n) is 3.33. The summed E-state index contributed by atoms with van der Waals surface area (Å²) in [6.45, 7) is 3.19. The van der Waals surface area contributed by atoms with Crippen molar-refractivity contribution >= 4 is 0 Å². The van der Waals surface area contributed by atoms with Crippen LogP contribution < -0.4 is 0 Å². The predicted molar refractivity (Wildman–Crippen MR) is 97.4 cm³/mol. The number of nitrogens with zero attached hydrogens (tertiary/aromatic N) is 1. The van der Waals surface area contributed by atoms with Gasteiger partial charge in [0.25, 0.3) is 0 Å². The van der Waals surface area contributed by atoms with Crippen LogP contribution in [0.25, 0.3) is 0 Å². The number of phenols is 2. The van der Waals surface area contributed by atoms with E-state index in [-0.39, 0.29) is 0 Å². The van der Waals surface area contributed by atoms with Crippen LogP contribution in [0.4, 0.5) is 0 Å². The van der Waals surface area contributed by atoms with Crippen LogP contribution in [0.1, 0.15) is 30.4 Å². The molecule has 0 aromatic heterocycles. The SMILES string of the molecule is Oc1cccc(CCN(CCc2cccc(O)c2)CC2CCC2)c1. The lowest BCUT2D eigenvalue weighted by Crippen LogP contribution is -2.35. The Morgan fingerprint density at radius 3 is 1.79 bits per heavy atom. The predicted octanol–water partition coefficient (Wildman–Crippen LogP) is 3.99. The summed E-state index contributed by atoms with van der Waals surface area (Å²) >= 11 is 0. The zero-order chi connectivity index (χ0) is 16.8. The molecule has 3 heteroatoms. The third-order valence-corrected chi connectivity index (χ3v) is 5.00. The molecular formula is C21H27NO2. The molecule has 3 rings (SSSR count). The number of benzene rings is 2. The van der Waals surface area contributed by atoms with Crippen molar-refractivity contribution in [3.63, 3.8) is 0 Å². The molecule has 0 unspecified atom stereocenters. The first kappa shape index (κ1) is 16.8. The van der Waals surface area contributed by atoms with Gasteiger partial charge in [0.15, 0.2) is 0 Å². The lowest BCUT2D eigenvalue weighted by Gasteiger charge is -2.32. The van der Waals surface area contributed by atoms with E-state index >= 15 is 0 Å². The van der Waals surface area contributed by atoms with Gasteiger partial charge >= 0.3 is 0 Å². The Bertz CT molecular complexity index is 602. The standard InChI is InChI=1S/C21H27NO2/c23-20-8-2-4-17(14-20)10-12-22(16-19-6-1-7-19)13-11-18-5-3-9-21(24)15-18/h2-5,8-9,14-15,19,23-24H,1,6-7,10-13,16H2. The largest absolute Gasteiger partial charge is 0.508 e. The third-order valence-electron chi connectivity index (χ3n) is 5.00. The van der Waals surface area contributed by atoms with Gasteiger partial charge in [-0.2, -0.15) is 0 Å². The number of phenolic OH excluding ortho intramolecular Hbond substituents is 2. The Hall–Kier alpha value is -2.00. The zero-order valence-electron chi connectivity index (χ0n) is 14.2. The average Bonchev–Trinajstić information content (AvgIpc) is 2.52. The smallest absolute Gasteiger partial charge is 0.115 e. The molecule has 128 valence electrons. The minimum Gasteiger partial charge on any atom is -0.508 e. The Balaban J connectivity index is 1.55. The summed E-state index contributed by atoms with van der Waals surface area (Å²) in [4.78, 5) is 2.54. The molecule has 0 radical (unpaired) electrons. The molecule has 0 spiro atoms. The molecule has 2 aromatic rings. The molecule has 2 N–H and O–H groups in total. The van der Waals surface area contributed by atoms with Gasteiger partial charge in [0.1, 0.15) is 11.5 Å². The van der Waals surface area contributed by atoms with Crippen molar-refractivity contribution in [2.45, 2.75) is 32.1 Å². The Morgan fingerprint density at radius 1 is 0.833 bits per heavy atom. The van der Waals surface area contributed by atoms with Gasteiger partial charge in [0.2, 0.25) is 0 Å². The van der Waals surface area contributed by atoms with E-state index in [9.17, 15) is 10.2 Å². The lowest BCUT2D eigenvalue weighted by molar-refractivity contribution is 0.180. The monoisotopic (exact) mass is 325 g/mol. The van der Waals surface area contributed by atoms with Crippen molar-refractivity contribution in [1.82, 2.24) is 4.90 Å². The van der Waals surface area contributed by atoms with Crippen LogP contribution in [0, 0.1) is 5.92 Å². The Labute approximate surface area is 144 Å². The Kier molecular flexibility index (Phi) is 5.76. The highest BCUT2D eigenvalue weighted by molar-refractivity contribution is 5.28. The van der Waals surface area contributed by atoms with Crippen LogP contribution >= 0.6 is 0 Å². The van der Waals surface area contributed by atoms with E-state index in [4.69, 9.17) is 0 Å².